The summed E-state index contributed by atoms with van der Waals surface area (Å²) in [6, 6.07) is 0. The van der Waals surface area contributed by atoms with Gasteiger partial charge in [-0.3, -0.25) is 13.8 Å². The molecule has 0 saturated carbocycles. The summed E-state index contributed by atoms with van der Waals surface area (Å²) in [5, 5.41) is 18.2. The minimum absolute atomic E-state index is 0.0504. The van der Waals surface area contributed by atoms with Crippen molar-refractivity contribution in [2.75, 3.05) is 33.0 Å². The second-order valence-electron chi connectivity index (χ2n) is 11.9. The van der Waals surface area contributed by atoms with E-state index in [1.807, 2.05) is 0 Å². The lowest BCUT2D eigenvalue weighted by molar-refractivity contribution is -0.154. The third-order valence-electron chi connectivity index (χ3n) is 7.45. The molecule has 0 rings (SSSR count). The smallest absolute Gasteiger partial charge is 0.457 e. The van der Waals surface area contributed by atoms with Gasteiger partial charge in [0.15, 0.2) is 0 Å². The third kappa shape index (κ3) is 31.2. The van der Waals surface area contributed by atoms with Crippen LogP contribution in [0.25, 0.3) is 0 Å². The topological polar surface area (TPSA) is 132 Å². The Bertz CT molecular complexity index is 704. The molecule has 262 valence electrons. The normalized spacial score (nSPS) is 14.6. The van der Waals surface area contributed by atoms with Crippen LogP contribution in [0.2, 0.25) is 0 Å². The summed E-state index contributed by atoms with van der Waals surface area (Å²) in [5.41, 5.74) is 0. The molecule has 0 spiro atoms. The number of carbonyl (C=O) groups excluding carboxylic acids is 1. The van der Waals surface area contributed by atoms with Crippen LogP contribution >= 0.6 is 7.82 Å². The Kier molecular flexibility index (Phi) is 31.6. The first-order valence-corrected chi connectivity index (χ1v) is 19.2. The van der Waals surface area contributed by atoms with Crippen LogP contribution in [0.15, 0.2) is 12.2 Å². The van der Waals surface area contributed by atoms with Crippen molar-refractivity contribution >= 4 is 13.8 Å². The number of phosphoric acid groups is 1. The Morgan fingerprint density at radius 3 is 1.77 bits per heavy atom. The zero-order chi connectivity index (χ0) is 32.6. The number of aliphatic hydroxyl groups excluding tert-OH is 2. The molecular weight excluding hydrogens is 583 g/mol. The third-order valence-corrected chi connectivity index (χ3v) is 8.40. The van der Waals surface area contributed by atoms with E-state index in [2.05, 4.69) is 26.0 Å². The number of phosphoric ester groups is 1. The Morgan fingerprint density at radius 2 is 1.18 bits per heavy atom. The van der Waals surface area contributed by atoms with Gasteiger partial charge in [0, 0.05) is 13.0 Å². The van der Waals surface area contributed by atoms with E-state index < -0.39 is 39.2 Å². The SMILES string of the molecule is CCCC/C=C\CCCCCCCC(=O)OC(COCCCCCCCCCCCCCC)COP(=O)(O)OCC(O)CO. The number of unbranched alkanes of at least 4 members (excludes halogenated alkanes) is 18. The molecule has 0 aromatic heterocycles. The molecule has 0 saturated heterocycles. The number of hydrogen-bond acceptors (Lipinski definition) is 8. The van der Waals surface area contributed by atoms with E-state index in [1.165, 1.54) is 77.0 Å². The number of allylic oxidation sites excluding steroid dienone is 2. The average Bonchev–Trinajstić information content (AvgIpc) is 3.01. The molecule has 0 aliphatic carbocycles. The predicted molar refractivity (Wildman–Crippen MR) is 178 cm³/mol. The highest BCUT2D eigenvalue weighted by Crippen LogP contribution is 2.43. The lowest BCUT2D eigenvalue weighted by Gasteiger charge is -2.20. The maximum absolute atomic E-state index is 12.5. The first-order valence-electron chi connectivity index (χ1n) is 17.7. The monoisotopic (exact) mass is 650 g/mol. The van der Waals surface area contributed by atoms with Crippen LogP contribution in [0.1, 0.15) is 155 Å². The lowest BCUT2D eigenvalue weighted by Crippen LogP contribution is -2.29. The van der Waals surface area contributed by atoms with Crippen LogP contribution in [-0.4, -0.2) is 66.3 Å². The number of carbonyl (C=O) groups is 1. The van der Waals surface area contributed by atoms with Crippen molar-refractivity contribution in [3.63, 3.8) is 0 Å². The van der Waals surface area contributed by atoms with E-state index in [9.17, 15) is 19.4 Å². The summed E-state index contributed by atoms with van der Waals surface area (Å²) in [4.78, 5) is 22.4. The molecule has 0 amide bonds. The van der Waals surface area contributed by atoms with Crippen molar-refractivity contribution in [3.8, 4) is 0 Å². The molecule has 10 heteroatoms. The molecule has 0 bridgehead atoms. The van der Waals surface area contributed by atoms with Crippen molar-refractivity contribution in [1.29, 1.82) is 0 Å². The van der Waals surface area contributed by atoms with Crippen molar-refractivity contribution in [2.45, 2.75) is 167 Å². The van der Waals surface area contributed by atoms with Crippen molar-refractivity contribution in [3.05, 3.63) is 12.2 Å². The van der Waals surface area contributed by atoms with Gasteiger partial charge in [0.25, 0.3) is 0 Å². The van der Waals surface area contributed by atoms with Gasteiger partial charge in [0.1, 0.15) is 12.2 Å². The van der Waals surface area contributed by atoms with Gasteiger partial charge in [-0.15, -0.1) is 0 Å². The van der Waals surface area contributed by atoms with Crippen LogP contribution < -0.4 is 0 Å². The molecule has 3 N–H and O–H groups in total. The Labute approximate surface area is 269 Å². The highest BCUT2D eigenvalue weighted by Gasteiger charge is 2.26. The molecule has 44 heavy (non-hydrogen) atoms. The van der Waals surface area contributed by atoms with Gasteiger partial charge in [0.05, 0.1) is 26.4 Å². The van der Waals surface area contributed by atoms with E-state index in [-0.39, 0.29) is 19.6 Å². The van der Waals surface area contributed by atoms with Gasteiger partial charge in [-0.2, -0.15) is 0 Å². The fourth-order valence-electron chi connectivity index (χ4n) is 4.69. The second-order valence-corrected chi connectivity index (χ2v) is 13.3. The Balaban J connectivity index is 4.27. The highest BCUT2D eigenvalue weighted by molar-refractivity contribution is 7.47. The van der Waals surface area contributed by atoms with E-state index in [0.29, 0.717) is 6.61 Å². The predicted octanol–water partition coefficient (Wildman–Crippen LogP) is 8.58. The minimum Gasteiger partial charge on any atom is -0.457 e. The quantitative estimate of drug-likeness (QED) is 0.0271. The molecule has 0 aromatic rings. The van der Waals surface area contributed by atoms with Gasteiger partial charge < -0.3 is 24.6 Å². The van der Waals surface area contributed by atoms with Crippen LogP contribution in [0.5, 0.6) is 0 Å². The summed E-state index contributed by atoms with van der Waals surface area (Å²) in [6.45, 7) is 3.46. The van der Waals surface area contributed by atoms with Gasteiger partial charge in [0.2, 0.25) is 0 Å². The van der Waals surface area contributed by atoms with Gasteiger partial charge in [-0.05, 0) is 32.1 Å². The molecule has 0 aromatic carbocycles. The largest absolute Gasteiger partial charge is 0.472 e. The number of ether oxygens (including phenoxy) is 2. The van der Waals surface area contributed by atoms with Crippen molar-refractivity contribution in [2.24, 2.45) is 0 Å². The molecule has 9 nitrogen and oxygen atoms in total. The molecule has 3 unspecified atom stereocenters. The summed E-state index contributed by atoms with van der Waals surface area (Å²) in [7, 11) is -4.50. The van der Waals surface area contributed by atoms with Crippen molar-refractivity contribution in [1.82, 2.24) is 0 Å². The fourth-order valence-corrected chi connectivity index (χ4v) is 5.48. The molecule has 0 heterocycles. The zero-order valence-electron chi connectivity index (χ0n) is 28.1. The number of hydrogen-bond donors (Lipinski definition) is 3. The molecule has 0 radical (unpaired) electrons. The van der Waals surface area contributed by atoms with Crippen LogP contribution in [0, 0.1) is 0 Å². The Hall–Kier alpha value is -0.800. The first kappa shape index (κ1) is 43.2. The van der Waals surface area contributed by atoms with E-state index in [1.54, 1.807) is 0 Å². The Morgan fingerprint density at radius 1 is 0.682 bits per heavy atom. The summed E-state index contributed by atoms with van der Waals surface area (Å²) in [5.74, 6) is -0.393. The second kappa shape index (κ2) is 32.2. The fraction of sp³-hybridized carbons (Fsp3) is 0.912. The van der Waals surface area contributed by atoms with Crippen LogP contribution in [0.3, 0.4) is 0 Å². The molecular formula is C34H67O9P. The number of rotatable bonds is 34. The van der Waals surface area contributed by atoms with E-state index in [0.717, 1.165) is 57.8 Å². The standard InChI is InChI=1S/C34H67O9P/c1-3-5-7-9-11-13-15-17-19-21-23-25-27-40-30-33(31-42-44(38,39)41-29-32(36)28-35)43-34(37)26-24-22-20-18-16-14-12-10-8-6-4-2/h10,12,32-33,35-36H,3-9,11,13-31H2,1-2H3,(H,38,39)/b12-10-. The molecule has 0 aliphatic rings. The highest BCUT2D eigenvalue weighted by atomic mass is 31.2. The van der Waals surface area contributed by atoms with Crippen LogP contribution in [-0.2, 0) is 27.9 Å². The zero-order valence-corrected chi connectivity index (χ0v) is 29.0. The lowest BCUT2D eigenvalue weighted by atomic mass is 10.1. The average molecular weight is 651 g/mol. The summed E-state index contributed by atoms with van der Waals surface area (Å²) >= 11 is 0. The first-order chi connectivity index (χ1) is 21.3. The maximum atomic E-state index is 12.5. The van der Waals surface area contributed by atoms with E-state index >= 15 is 0 Å². The number of aliphatic hydroxyl groups is 2. The summed E-state index contributed by atoms with van der Waals surface area (Å²) < 4.78 is 33.1. The minimum atomic E-state index is -4.50. The molecule has 0 aliphatic heterocycles. The summed E-state index contributed by atoms with van der Waals surface area (Å²) in [6.07, 6.45) is 27.4. The maximum Gasteiger partial charge on any atom is 0.472 e. The van der Waals surface area contributed by atoms with Crippen molar-refractivity contribution < 1.29 is 43.0 Å². The van der Waals surface area contributed by atoms with Gasteiger partial charge >= 0.3 is 13.8 Å². The van der Waals surface area contributed by atoms with Crippen LogP contribution in [0.4, 0.5) is 0 Å². The van der Waals surface area contributed by atoms with E-state index in [4.69, 9.17) is 23.6 Å². The van der Waals surface area contributed by atoms with Gasteiger partial charge in [-0.1, -0.05) is 129 Å². The molecule has 3 atom stereocenters. The number of esters is 1. The van der Waals surface area contributed by atoms with Gasteiger partial charge in [-0.25, -0.2) is 4.57 Å². The molecule has 0 fully saturated rings.